The van der Waals surface area contributed by atoms with E-state index in [0.29, 0.717) is 0 Å². The van der Waals surface area contributed by atoms with Crippen LogP contribution in [0.1, 0.15) is 11.1 Å². The van der Waals surface area contributed by atoms with Crippen molar-refractivity contribution < 1.29 is 18.0 Å². The molecule has 3 nitrogen and oxygen atoms in total. The van der Waals surface area contributed by atoms with Crippen molar-refractivity contribution in [1.29, 1.82) is 0 Å². The number of hydrogen-bond acceptors (Lipinski definition) is 2. The second kappa shape index (κ2) is 5.09. The van der Waals surface area contributed by atoms with E-state index in [-0.39, 0.29) is 5.56 Å². The molecule has 1 aromatic carbocycles. The first-order valence-electron chi connectivity index (χ1n) is 4.26. The summed E-state index contributed by atoms with van der Waals surface area (Å²) >= 11 is 5.39. The number of rotatable bonds is 2. The van der Waals surface area contributed by atoms with Gasteiger partial charge in [0.2, 0.25) is 0 Å². The maximum Gasteiger partial charge on any atom is 0.417 e. The molecule has 0 radical (unpaired) electrons. The van der Waals surface area contributed by atoms with Crippen LogP contribution in [0.5, 0.6) is 0 Å². The fourth-order valence-corrected chi connectivity index (χ4v) is 1.29. The summed E-state index contributed by atoms with van der Waals surface area (Å²) in [7, 11) is 0. The molecule has 0 aliphatic carbocycles. The quantitative estimate of drug-likeness (QED) is 0.604. The van der Waals surface area contributed by atoms with Gasteiger partial charge in [-0.25, -0.2) is 0 Å². The van der Waals surface area contributed by atoms with E-state index >= 15 is 0 Å². The molecule has 0 saturated heterocycles. The van der Waals surface area contributed by atoms with Crippen molar-refractivity contribution in [2.24, 2.45) is 5.18 Å². The van der Waals surface area contributed by atoms with Gasteiger partial charge in [0, 0.05) is 11.3 Å². The molecule has 0 aliphatic rings. The summed E-state index contributed by atoms with van der Waals surface area (Å²) < 4.78 is 37.3. The Balaban J connectivity index is 3.09. The Kier molecular flexibility index (Phi) is 4.01. The van der Waals surface area contributed by atoms with Crippen LogP contribution in [0.3, 0.4) is 0 Å². The number of nitroso groups, excluding NO2 is 1. The third-order valence-electron chi connectivity index (χ3n) is 1.80. The van der Waals surface area contributed by atoms with Gasteiger partial charge in [-0.05, 0) is 23.8 Å². The van der Waals surface area contributed by atoms with Gasteiger partial charge in [-0.15, -0.1) is 4.91 Å². The maximum atomic E-state index is 12.4. The summed E-state index contributed by atoms with van der Waals surface area (Å²) in [6.07, 6.45) is -2.75. The zero-order valence-corrected chi connectivity index (χ0v) is 8.92. The normalized spacial score (nSPS) is 11.8. The van der Waals surface area contributed by atoms with Crippen molar-refractivity contribution in [3.05, 3.63) is 45.3 Å². The van der Waals surface area contributed by atoms with Gasteiger partial charge in [0.05, 0.1) is 10.6 Å². The van der Waals surface area contributed by atoms with Gasteiger partial charge in [-0.3, -0.25) is 4.79 Å². The van der Waals surface area contributed by atoms with Gasteiger partial charge in [-0.1, -0.05) is 17.7 Å². The van der Waals surface area contributed by atoms with Gasteiger partial charge in [0.25, 0.3) is 0 Å². The second-order valence-corrected chi connectivity index (χ2v) is 3.41. The minimum Gasteiger partial charge on any atom is -0.264 e. The van der Waals surface area contributed by atoms with Crippen molar-refractivity contribution in [3.63, 3.8) is 0 Å². The molecule has 1 aromatic rings. The molecule has 0 N–H and O–H groups in total. The summed E-state index contributed by atoms with van der Waals surface area (Å²) in [4.78, 5) is 20.3. The van der Waals surface area contributed by atoms with E-state index < -0.39 is 22.7 Å². The lowest BCUT2D eigenvalue weighted by atomic mass is 10.1. The standard InChI is InChI=1S/C10H5ClF3NO2/c11-8-3-1-6(2-4-9(16)15-17)5-7(8)10(12,13)14/h1-5H/b4-2+. The Hall–Kier alpha value is -1.69. The van der Waals surface area contributed by atoms with Gasteiger partial charge >= 0.3 is 12.1 Å². The summed E-state index contributed by atoms with van der Waals surface area (Å²) in [5.74, 6) is -1.08. The molecule has 0 unspecified atom stereocenters. The lowest BCUT2D eigenvalue weighted by Crippen LogP contribution is -2.05. The van der Waals surface area contributed by atoms with Crippen LogP contribution < -0.4 is 0 Å². The van der Waals surface area contributed by atoms with Crippen LogP contribution in [0, 0.1) is 4.91 Å². The predicted molar refractivity (Wildman–Crippen MR) is 56.3 cm³/mol. The Bertz CT molecular complexity index is 483. The summed E-state index contributed by atoms with van der Waals surface area (Å²) in [5.41, 5.74) is -0.911. The zero-order chi connectivity index (χ0) is 13.1. The first-order valence-corrected chi connectivity index (χ1v) is 4.64. The zero-order valence-electron chi connectivity index (χ0n) is 8.16. The minimum absolute atomic E-state index is 0.0960. The Morgan fingerprint density at radius 2 is 2.00 bits per heavy atom. The topological polar surface area (TPSA) is 46.5 Å². The number of alkyl halides is 3. The van der Waals surface area contributed by atoms with Crippen molar-refractivity contribution in [2.75, 3.05) is 0 Å². The molecule has 0 spiro atoms. The summed E-state index contributed by atoms with van der Waals surface area (Å²) in [5, 5.41) is 1.63. The fourth-order valence-electron chi connectivity index (χ4n) is 1.06. The molecular weight excluding hydrogens is 259 g/mol. The first kappa shape index (κ1) is 13.4. The molecule has 7 heteroatoms. The number of amides is 1. The number of halogens is 4. The molecule has 0 atom stereocenters. The molecular formula is C10H5ClF3NO2. The largest absolute Gasteiger partial charge is 0.417 e. The number of benzene rings is 1. The molecule has 0 aliphatic heterocycles. The SMILES string of the molecule is O=NC(=O)/C=C/c1ccc(Cl)c(C(F)(F)F)c1. The van der Waals surface area contributed by atoms with Gasteiger partial charge in [0.15, 0.2) is 0 Å². The van der Waals surface area contributed by atoms with E-state index in [1.54, 1.807) is 0 Å². The van der Waals surface area contributed by atoms with E-state index in [1.165, 1.54) is 6.07 Å². The number of carbonyl (C=O) groups excluding carboxylic acids is 1. The summed E-state index contributed by atoms with van der Waals surface area (Å²) in [6, 6.07) is 3.12. The van der Waals surface area contributed by atoms with Gasteiger partial charge in [-0.2, -0.15) is 13.2 Å². The third-order valence-corrected chi connectivity index (χ3v) is 2.13. The maximum absolute atomic E-state index is 12.4. The molecule has 0 bridgehead atoms. The van der Waals surface area contributed by atoms with Crippen LogP contribution in [-0.2, 0) is 11.0 Å². The number of hydrogen-bond donors (Lipinski definition) is 0. The van der Waals surface area contributed by atoms with Crippen molar-refractivity contribution in [2.45, 2.75) is 6.18 Å². The highest BCUT2D eigenvalue weighted by Gasteiger charge is 2.33. The van der Waals surface area contributed by atoms with E-state index in [9.17, 15) is 22.9 Å². The van der Waals surface area contributed by atoms with Gasteiger partial charge in [0.1, 0.15) is 0 Å². The van der Waals surface area contributed by atoms with Crippen LogP contribution in [0.4, 0.5) is 13.2 Å². The molecule has 1 amide bonds. The molecule has 0 aromatic heterocycles. The van der Waals surface area contributed by atoms with Crippen molar-refractivity contribution in [3.8, 4) is 0 Å². The molecule has 1 rings (SSSR count). The van der Waals surface area contributed by atoms with E-state index in [0.717, 1.165) is 24.3 Å². The molecule has 0 heterocycles. The molecule has 0 fully saturated rings. The third kappa shape index (κ3) is 3.67. The van der Waals surface area contributed by atoms with E-state index in [1.807, 2.05) is 0 Å². The smallest absolute Gasteiger partial charge is 0.264 e. The van der Waals surface area contributed by atoms with Crippen LogP contribution in [0.25, 0.3) is 6.08 Å². The Labute approximate surface area is 98.9 Å². The van der Waals surface area contributed by atoms with Crippen LogP contribution in [0.15, 0.2) is 29.5 Å². The lowest BCUT2D eigenvalue weighted by Gasteiger charge is -2.09. The number of nitrogens with zero attached hydrogens (tertiary/aromatic N) is 1. The highest BCUT2D eigenvalue weighted by atomic mass is 35.5. The molecule has 17 heavy (non-hydrogen) atoms. The first-order chi connectivity index (χ1) is 7.84. The highest BCUT2D eigenvalue weighted by Crippen LogP contribution is 2.35. The predicted octanol–water partition coefficient (Wildman–Crippen LogP) is 3.67. The van der Waals surface area contributed by atoms with Gasteiger partial charge < -0.3 is 0 Å². The number of carbonyl (C=O) groups is 1. The van der Waals surface area contributed by atoms with Crippen LogP contribution >= 0.6 is 11.6 Å². The van der Waals surface area contributed by atoms with Crippen molar-refractivity contribution in [1.82, 2.24) is 0 Å². The van der Waals surface area contributed by atoms with Crippen molar-refractivity contribution >= 4 is 23.6 Å². The lowest BCUT2D eigenvalue weighted by molar-refractivity contribution is -0.137. The summed E-state index contributed by atoms with van der Waals surface area (Å²) in [6.45, 7) is 0. The van der Waals surface area contributed by atoms with E-state index in [4.69, 9.17) is 11.6 Å². The highest BCUT2D eigenvalue weighted by molar-refractivity contribution is 6.31. The molecule has 0 saturated carbocycles. The monoisotopic (exact) mass is 263 g/mol. The molecule has 90 valence electrons. The average Bonchev–Trinajstić information content (AvgIpc) is 2.26. The van der Waals surface area contributed by atoms with Crippen LogP contribution in [0.2, 0.25) is 5.02 Å². The Morgan fingerprint density at radius 1 is 1.35 bits per heavy atom. The second-order valence-electron chi connectivity index (χ2n) is 3.00. The average molecular weight is 264 g/mol. The van der Waals surface area contributed by atoms with E-state index in [2.05, 4.69) is 5.18 Å². The fraction of sp³-hybridized carbons (Fsp3) is 0.100. The Morgan fingerprint density at radius 3 is 2.53 bits per heavy atom. The minimum atomic E-state index is -4.58. The van der Waals surface area contributed by atoms with Crippen LogP contribution in [-0.4, -0.2) is 5.91 Å².